The summed E-state index contributed by atoms with van der Waals surface area (Å²) < 4.78 is 11.4. The average Bonchev–Trinajstić information content (AvgIpc) is 2.63. The van der Waals surface area contributed by atoms with Crippen molar-refractivity contribution in [3.05, 3.63) is 23.8 Å². The molecule has 1 atom stereocenters. The summed E-state index contributed by atoms with van der Waals surface area (Å²) in [5.74, 6) is 1.81. The molecule has 4 nitrogen and oxygen atoms in total. The summed E-state index contributed by atoms with van der Waals surface area (Å²) in [6.45, 7) is 4.51. The molecule has 2 aliphatic rings. The van der Waals surface area contributed by atoms with Crippen molar-refractivity contribution in [1.82, 2.24) is 10.2 Å². The van der Waals surface area contributed by atoms with Crippen molar-refractivity contribution >= 4 is 0 Å². The lowest BCUT2D eigenvalue weighted by atomic mass is 10.0. The van der Waals surface area contributed by atoms with Gasteiger partial charge in [-0.2, -0.15) is 0 Å². The standard InChI is InChI=1S/C14H20N2O2/c1-16-7-3-6-15-12(10-16)11-4-2-5-13-14(11)18-9-8-17-13/h2,4-5,12,15H,3,6-10H2,1H3. The number of rotatable bonds is 1. The summed E-state index contributed by atoms with van der Waals surface area (Å²) in [6, 6.07) is 6.51. The van der Waals surface area contributed by atoms with E-state index in [0.717, 1.165) is 31.1 Å². The molecule has 0 spiro atoms. The van der Waals surface area contributed by atoms with Gasteiger partial charge in [-0.1, -0.05) is 12.1 Å². The highest BCUT2D eigenvalue weighted by atomic mass is 16.6. The first-order chi connectivity index (χ1) is 8.84. The maximum absolute atomic E-state index is 5.80. The Morgan fingerprint density at radius 1 is 1.28 bits per heavy atom. The van der Waals surface area contributed by atoms with E-state index in [1.165, 1.54) is 12.0 Å². The van der Waals surface area contributed by atoms with Gasteiger partial charge in [-0.25, -0.2) is 0 Å². The molecular formula is C14H20N2O2. The molecule has 98 valence electrons. The van der Waals surface area contributed by atoms with Crippen LogP contribution in [0.2, 0.25) is 0 Å². The van der Waals surface area contributed by atoms with Crippen molar-refractivity contribution in [3.63, 3.8) is 0 Å². The second-order valence-electron chi connectivity index (χ2n) is 4.99. The molecule has 2 heterocycles. The van der Waals surface area contributed by atoms with Gasteiger partial charge in [0.15, 0.2) is 11.5 Å². The van der Waals surface area contributed by atoms with Gasteiger partial charge in [0.1, 0.15) is 13.2 Å². The molecule has 3 rings (SSSR count). The van der Waals surface area contributed by atoms with E-state index >= 15 is 0 Å². The van der Waals surface area contributed by atoms with Gasteiger partial charge in [0.2, 0.25) is 0 Å². The molecule has 0 aliphatic carbocycles. The summed E-state index contributed by atoms with van der Waals surface area (Å²) in [5, 5.41) is 3.60. The van der Waals surface area contributed by atoms with Gasteiger partial charge < -0.3 is 19.7 Å². The number of hydrogen-bond donors (Lipinski definition) is 1. The van der Waals surface area contributed by atoms with Crippen LogP contribution in [0.3, 0.4) is 0 Å². The number of para-hydroxylation sites is 1. The van der Waals surface area contributed by atoms with Crippen LogP contribution in [0, 0.1) is 0 Å². The van der Waals surface area contributed by atoms with Crippen LogP contribution in [0.5, 0.6) is 11.5 Å². The quantitative estimate of drug-likeness (QED) is 0.815. The second kappa shape index (κ2) is 5.16. The maximum atomic E-state index is 5.80. The van der Waals surface area contributed by atoms with Gasteiger partial charge in [0.25, 0.3) is 0 Å². The van der Waals surface area contributed by atoms with Crippen molar-refractivity contribution in [1.29, 1.82) is 0 Å². The molecular weight excluding hydrogens is 228 g/mol. The number of nitrogens with one attached hydrogen (secondary N) is 1. The highest BCUT2D eigenvalue weighted by Crippen LogP contribution is 2.37. The molecule has 0 aromatic heterocycles. The number of hydrogen-bond acceptors (Lipinski definition) is 4. The molecule has 1 aromatic rings. The Morgan fingerprint density at radius 3 is 3.11 bits per heavy atom. The molecule has 0 radical (unpaired) electrons. The van der Waals surface area contributed by atoms with Crippen LogP contribution in [0.15, 0.2) is 18.2 Å². The molecule has 1 unspecified atom stereocenters. The van der Waals surface area contributed by atoms with E-state index in [2.05, 4.69) is 29.4 Å². The number of nitrogens with zero attached hydrogens (tertiary/aromatic N) is 1. The minimum atomic E-state index is 0.328. The third kappa shape index (κ3) is 2.31. The van der Waals surface area contributed by atoms with Gasteiger partial charge in [0, 0.05) is 18.2 Å². The van der Waals surface area contributed by atoms with E-state index in [0.29, 0.717) is 19.3 Å². The van der Waals surface area contributed by atoms with E-state index in [-0.39, 0.29) is 0 Å². The van der Waals surface area contributed by atoms with Gasteiger partial charge in [-0.15, -0.1) is 0 Å². The normalized spacial score (nSPS) is 24.6. The van der Waals surface area contributed by atoms with Crippen LogP contribution < -0.4 is 14.8 Å². The third-order valence-corrected chi connectivity index (χ3v) is 3.57. The largest absolute Gasteiger partial charge is 0.486 e. The predicted molar refractivity (Wildman–Crippen MR) is 70.3 cm³/mol. The first-order valence-corrected chi connectivity index (χ1v) is 6.65. The van der Waals surface area contributed by atoms with Crippen LogP contribution in [0.4, 0.5) is 0 Å². The molecule has 1 saturated heterocycles. The zero-order chi connectivity index (χ0) is 12.4. The van der Waals surface area contributed by atoms with Crippen LogP contribution in [-0.4, -0.2) is 44.8 Å². The Bertz CT molecular complexity index is 422. The predicted octanol–water partition coefficient (Wildman–Crippen LogP) is 1.42. The Kier molecular flexibility index (Phi) is 3.39. The number of likely N-dealkylation sites (N-methyl/N-ethyl adjacent to an activating group) is 1. The maximum Gasteiger partial charge on any atom is 0.166 e. The number of ether oxygens (including phenoxy) is 2. The van der Waals surface area contributed by atoms with Gasteiger partial charge >= 0.3 is 0 Å². The topological polar surface area (TPSA) is 33.7 Å². The first-order valence-electron chi connectivity index (χ1n) is 6.65. The minimum Gasteiger partial charge on any atom is -0.486 e. The van der Waals surface area contributed by atoms with Crippen LogP contribution in [0.1, 0.15) is 18.0 Å². The molecule has 18 heavy (non-hydrogen) atoms. The second-order valence-corrected chi connectivity index (χ2v) is 4.99. The SMILES string of the molecule is CN1CCCNC(c2cccc3c2OCCO3)C1. The highest BCUT2D eigenvalue weighted by Gasteiger charge is 2.24. The molecule has 0 amide bonds. The summed E-state index contributed by atoms with van der Waals surface area (Å²) in [6.07, 6.45) is 1.19. The van der Waals surface area contributed by atoms with Gasteiger partial charge in [-0.3, -0.25) is 0 Å². The average molecular weight is 248 g/mol. The fourth-order valence-corrected chi connectivity index (χ4v) is 2.67. The first kappa shape index (κ1) is 11.8. The monoisotopic (exact) mass is 248 g/mol. The van der Waals surface area contributed by atoms with Gasteiger partial charge in [0.05, 0.1) is 0 Å². The summed E-state index contributed by atoms with van der Waals surface area (Å²) >= 11 is 0. The lowest BCUT2D eigenvalue weighted by Gasteiger charge is -2.26. The van der Waals surface area contributed by atoms with Gasteiger partial charge in [-0.05, 0) is 32.6 Å². The molecule has 2 aliphatic heterocycles. The van der Waals surface area contributed by atoms with E-state index < -0.39 is 0 Å². The third-order valence-electron chi connectivity index (χ3n) is 3.57. The fourth-order valence-electron chi connectivity index (χ4n) is 2.67. The smallest absolute Gasteiger partial charge is 0.166 e. The lowest BCUT2D eigenvalue weighted by molar-refractivity contribution is 0.168. The summed E-state index contributed by atoms with van der Waals surface area (Å²) in [7, 11) is 2.17. The fraction of sp³-hybridized carbons (Fsp3) is 0.571. The zero-order valence-electron chi connectivity index (χ0n) is 10.8. The molecule has 0 bridgehead atoms. The van der Waals surface area contributed by atoms with E-state index in [4.69, 9.17) is 9.47 Å². The van der Waals surface area contributed by atoms with Crippen LogP contribution in [-0.2, 0) is 0 Å². The molecule has 0 saturated carbocycles. The Morgan fingerprint density at radius 2 is 2.17 bits per heavy atom. The molecule has 1 aromatic carbocycles. The Balaban J connectivity index is 1.90. The molecule has 1 fully saturated rings. The lowest BCUT2D eigenvalue weighted by Crippen LogP contribution is -2.30. The summed E-state index contributed by atoms with van der Waals surface area (Å²) in [5.41, 5.74) is 1.22. The van der Waals surface area contributed by atoms with E-state index in [9.17, 15) is 0 Å². The van der Waals surface area contributed by atoms with Crippen LogP contribution in [0.25, 0.3) is 0 Å². The minimum absolute atomic E-state index is 0.328. The summed E-state index contributed by atoms with van der Waals surface area (Å²) in [4.78, 5) is 2.37. The molecule has 4 heteroatoms. The van der Waals surface area contributed by atoms with E-state index in [1.807, 2.05) is 6.07 Å². The Hall–Kier alpha value is -1.26. The number of fused-ring (bicyclic) bond motifs is 1. The van der Waals surface area contributed by atoms with Crippen LogP contribution >= 0.6 is 0 Å². The van der Waals surface area contributed by atoms with Crippen molar-refractivity contribution in [2.24, 2.45) is 0 Å². The van der Waals surface area contributed by atoms with Crippen molar-refractivity contribution in [2.45, 2.75) is 12.5 Å². The molecule has 1 N–H and O–H groups in total. The number of benzene rings is 1. The Labute approximate surface area is 108 Å². The van der Waals surface area contributed by atoms with Crippen molar-refractivity contribution in [2.75, 3.05) is 39.9 Å². The van der Waals surface area contributed by atoms with E-state index in [1.54, 1.807) is 0 Å². The van der Waals surface area contributed by atoms with Crippen molar-refractivity contribution in [3.8, 4) is 11.5 Å². The zero-order valence-corrected chi connectivity index (χ0v) is 10.8. The highest BCUT2D eigenvalue weighted by molar-refractivity contribution is 5.49. The van der Waals surface area contributed by atoms with Crippen molar-refractivity contribution < 1.29 is 9.47 Å².